The Morgan fingerprint density at radius 2 is 1.79 bits per heavy atom. The van der Waals surface area contributed by atoms with E-state index in [-0.39, 0.29) is 0 Å². The molecule has 0 aromatic heterocycles. The topological polar surface area (TPSA) is 41.9 Å². The first kappa shape index (κ1) is 15.5. The predicted octanol–water partition coefficient (Wildman–Crippen LogP) is 2.94. The molecular weight excluding hydrogens is 302 g/mol. The van der Waals surface area contributed by atoms with Crippen LogP contribution in [0.2, 0.25) is 0 Å². The first-order valence-corrected chi connectivity index (χ1v) is 8.66. The van der Waals surface area contributed by atoms with E-state index in [1.54, 1.807) is 0 Å². The molecule has 2 aliphatic rings. The van der Waals surface area contributed by atoms with Crippen LogP contribution in [0, 0.1) is 0 Å². The second-order valence-electron chi connectivity index (χ2n) is 6.50. The van der Waals surface area contributed by atoms with Crippen molar-refractivity contribution in [2.75, 3.05) is 26.3 Å². The molecule has 24 heavy (non-hydrogen) atoms. The van der Waals surface area contributed by atoms with Gasteiger partial charge < -0.3 is 14.6 Å². The zero-order valence-electron chi connectivity index (χ0n) is 13.8. The maximum absolute atomic E-state index is 10.5. The van der Waals surface area contributed by atoms with Gasteiger partial charge in [-0.15, -0.1) is 0 Å². The summed E-state index contributed by atoms with van der Waals surface area (Å²) in [5.74, 6) is 1.51. The molecule has 4 rings (SSSR count). The number of fused-ring (bicyclic) bond motifs is 2. The monoisotopic (exact) mass is 325 g/mol. The van der Waals surface area contributed by atoms with Gasteiger partial charge in [0, 0.05) is 19.6 Å². The summed E-state index contributed by atoms with van der Waals surface area (Å²) >= 11 is 0. The van der Waals surface area contributed by atoms with Gasteiger partial charge >= 0.3 is 0 Å². The SMILES string of the molecule is OC(CCN1CCc2ccccc2C1)c1ccc2c(c1)OCCO2. The number of ether oxygens (including phenoxy) is 2. The predicted molar refractivity (Wildman–Crippen MR) is 92.4 cm³/mol. The average Bonchev–Trinajstić information content (AvgIpc) is 2.65. The van der Waals surface area contributed by atoms with Gasteiger partial charge in [-0.05, 0) is 41.7 Å². The summed E-state index contributed by atoms with van der Waals surface area (Å²) in [6, 6.07) is 14.4. The van der Waals surface area contributed by atoms with Crippen LogP contribution in [0.5, 0.6) is 11.5 Å². The van der Waals surface area contributed by atoms with Gasteiger partial charge in [0.25, 0.3) is 0 Å². The van der Waals surface area contributed by atoms with E-state index in [0.717, 1.165) is 49.5 Å². The minimum Gasteiger partial charge on any atom is -0.486 e. The van der Waals surface area contributed by atoms with Crippen LogP contribution in [0.15, 0.2) is 42.5 Å². The van der Waals surface area contributed by atoms with E-state index in [2.05, 4.69) is 29.2 Å². The molecule has 126 valence electrons. The number of rotatable bonds is 4. The molecule has 1 N–H and O–H groups in total. The second kappa shape index (κ2) is 6.83. The van der Waals surface area contributed by atoms with Gasteiger partial charge in [-0.2, -0.15) is 0 Å². The number of aliphatic hydroxyl groups excluding tert-OH is 1. The third kappa shape index (κ3) is 3.25. The average molecular weight is 325 g/mol. The molecule has 2 aliphatic heterocycles. The second-order valence-corrected chi connectivity index (χ2v) is 6.50. The molecule has 4 nitrogen and oxygen atoms in total. The minimum atomic E-state index is -0.474. The number of benzene rings is 2. The fraction of sp³-hybridized carbons (Fsp3) is 0.400. The van der Waals surface area contributed by atoms with Crippen molar-refractivity contribution in [3.63, 3.8) is 0 Å². The van der Waals surface area contributed by atoms with E-state index >= 15 is 0 Å². The lowest BCUT2D eigenvalue weighted by molar-refractivity contribution is 0.135. The first-order chi connectivity index (χ1) is 11.8. The molecule has 2 heterocycles. The van der Waals surface area contributed by atoms with Crippen molar-refractivity contribution in [2.45, 2.75) is 25.5 Å². The van der Waals surface area contributed by atoms with Gasteiger partial charge in [0.05, 0.1) is 6.10 Å². The molecule has 1 atom stereocenters. The molecule has 1 unspecified atom stereocenters. The maximum atomic E-state index is 10.5. The molecule has 0 saturated heterocycles. The number of hydrogen-bond acceptors (Lipinski definition) is 4. The number of hydrogen-bond donors (Lipinski definition) is 1. The largest absolute Gasteiger partial charge is 0.486 e. The van der Waals surface area contributed by atoms with Gasteiger partial charge in [-0.25, -0.2) is 0 Å². The Hall–Kier alpha value is -2.04. The van der Waals surface area contributed by atoms with E-state index in [1.165, 1.54) is 11.1 Å². The Bertz CT molecular complexity index is 716. The van der Waals surface area contributed by atoms with Crippen molar-refractivity contribution >= 4 is 0 Å². The van der Waals surface area contributed by atoms with Crippen LogP contribution in [0.1, 0.15) is 29.2 Å². The highest BCUT2D eigenvalue weighted by molar-refractivity contribution is 5.44. The lowest BCUT2D eigenvalue weighted by atomic mass is 9.99. The Balaban J connectivity index is 1.36. The molecule has 0 aliphatic carbocycles. The van der Waals surface area contributed by atoms with E-state index in [9.17, 15) is 5.11 Å². The van der Waals surface area contributed by atoms with Crippen molar-refractivity contribution in [3.05, 3.63) is 59.2 Å². The van der Waals surface area contributed by atoms with E-state index in [4.69, 9.17) is 9.47 Å². The fourth-order valence-electron chi connectivity index (χ4n) is 3.48. The van der Waals surface area contributed by atoms with Crippen LogP contribution >= 0.6 is 0 Å². The summed E-state index contributed by atoms with van der Waals surface area (Å²) in [5, 5.41) is 10.5. The third-order valence-corrected chi connectivity index (χ3v) is 4.88. The Morgan fingerprint density at radius 3 is 2.67 bits per heavy atom. The van der Waals surface area contributed by atoms with Gasteiger partial charge in [0.15, 0.2) is 11.5 Å². The van der Waals surface area contributed by atoms with Crippen molar-refractivity contribution in [3.8, 4) is 11.5 Å². The molecule has 4 heteroatoms. The zero-order chi connectivity index (χ0) is 16.4. The van der Waals surface area contributed by atoms with Gasteiger partial charge in [-0.1, -0.05) is 30.3 Å². The van der Waals surface area contributed by atoms with Crippen LogP contribution in [0.4, 0.5) is 0 Å². The lowest BCUT2D eigenvalue weighted by Crippen LogP contribution is -2.32. The van der Waals surface area contributed by atoms with Crippen LogP contribution in [0.3, 0.4) is 0 Å². The number of nitrogens with zero attached hydrogens (tertiary/aromatic N) is 1. The third-order valence-electron chi connectivity index (χ3n) is 4.88. The maximum Gasteiger partial charge on any atom is 0.161 e. The summed E-state index contributed by atoms with van der Waals surface area (Å²) in [6.07, 6.45) is 1.34. The minimum absolute atomic E-state index is 0.474. The number of aliphatic hydroxyl groups is 1. The van der Waals surface area contributed by atoms with E-state index in [0.29, 0.717) is 13.2 Å². The van der Waals surface area contributed by atoms with E-state index < -0.39 is 6.10 Å². The quantitative estimate of drug-likeness (QED) is 0.938. The summed E-state index contributed by atoms with van der Waals surface area (Å²) in [5.41, 5.74) is 3.77. The molecule has 0 fully saturated rings. The van der Waals surface area contributed by atoms with Crippen LogP contribution in [0.25, 0.3) is 0 Å². The summed E-state index contributed by atoms with van der Waals surface area (Å²) in [4.78, 5) is 2.42. The summed E-state index contributed by atoms with van der Waals surface area (Å²) in [6.45, 7) is 4.09. The molecule has 0 saturated carbocycles. The van der Waals surface area contributed by atoms with Crippen molar-refractivity contribution < 1.29 is 14.6 Å². The molecule has 2 aromatic rings. The Labute approximate surface area is 142 Å². The Morgan fingerprint density at radius 1 is 1.00 bits per heavy atom. The normalized spacial score (nSPS) is 18.0. The van der Waals surface area contributed by atoms with Gasteiger partial charge in [0.2, 0.25) is 0 Å². The van der Waals surface area contributed by atoms with Crippen LogP contribution in [-0.4, -0.2) is 36.3 Å². The summed E-state index contributed by atoms with van der Waals surface area (Å²) < 4.78 is 11.1. The van der Waals surface area contributed by atoms with Crippen molar-refractivity contribution in [1.29, 1.82) is 0 Å². The van der Waals surface area contributed by atoms with Gasteiger partial charge in [-0.3, -0.25) is 4.90 Å². The van der Waals surface area contributed by atoms with Crippen molar-refractivity contribution in [2.24, 2.45) is 0 Å². The fourth-order valence-corrected chi connectivity index (χ4v) is 3.48. The van der Waals surface area contributed by atoms with Crippen molar-refractivity contribution in [1.82, 2.24) is 4.90 Å². The molecule has 2 aromatic carbocycles. The lowest BCUT2D eigenvalue weighted by Gasteiger charge is -2.29. The molecule has 0 bridgehead atoms. The molecule has 0 spiro atoms. The first-order valence-electron chi connectivity index (χ1n) is 8.66. The zero-order valence-corrected chi connectivity index (χ0v) is 13.8. The van der Waals surface area contributed by atoms with Gasteiger partial charge in [0.1, 0.15) is 13.2 Å². The Kier molecular flexibility index (Phi) is 4.41. The molecular formula is C20H23NO3. The molecule has 0 radical (unpaired) electrons. The van der Waals surface area contributed by atoms with Crippen LogP contribution < -0.4 is 9.47 Å². The highest BCUT2D eigenvalue weighted by atomic mass is 16.6. The van der Waals surface area contributed by atoms with E-state index in [1.807, 2.05) is 18.2 Å². The van der Waals surface area contributed by atoms with Crippen LogP contribution in [-0.2, 0) is 13.0 Å². The highest BCUT2D eigenvalue weighted by Crippen LogP contribution is 2.33. The standard InChI is InChI=1S/C20H23NO3/c22-18(16-5-6-19-20(13-16)24-12-11-23-19)8-10-21-9-7-15-3-1-2-4-17(15)14-21/h1-6,13,18,22H,7-12,14H2. The highest BCUT2D eigenvalue weighted by Gasteiger charge is 2.19. The summed E-state index contributed by atoms with van der Waals surface area (Å²) in [7, 11) is 0. The molecule has 0 amide bonds. The smallest absolute Gasteiger partial charge is 0.161 e.